The fraction of sp³-hybridized carbons (Fsp3) is 0.250. The minimum absolute atomic E-state index is 0.220. The van der Waals surface area contributed by atoms with Crippen LogP contribution in [-0.4, -0.2) is 31.2 Å². The number of hydrogen-bond donors (Lipinski definition) is 2. The highest BCUT2D eigenvalue weighted by atomic mass is 35.5. The zero-order valence-electron chi connectivity index (χ0n) is 12.5. The number of carbonyl (C=O) groups excluding carboxylic acids is 1. The number of anilines is 2. The second-order valence-corrected chi connectivity index (χ2v) is 5.13. The maximum atomic E-state index is 11.8. The molecule has 0 fully saturated rings. The molecule has 0 aliphatic carbocycles. The van der Waals surface area contributed by atoms with Crippen molar-refractivity contribution < 1.29 is 9.53 Å². The third-order valence-electron chi connectivity index (χ3n) is 3.13. The predicted octanol–water partition coefficient (Wildman–Crippen LogP) is 3.16. The number of benzene rings is 1. The van der Waals surface area contributed by atoms with Crippen LogP contribution in [0.4, 0.5) is 11.4 Å². The number of amides is 1. The average molecular weight is 320 g/mol. The Kier molecular flexibility index (Phi) is 5.75. The van der Waals surface area contributed by atoms with Crippen LogP contribution >= 0.6 is 11.6 Å². The molecule has 0 unspecified atom stereocenters. The number of carbonyl (C=O) groups is 1. The maximum absolute atomic E-state index is 11.8. The van der Waals surface area contributed by atoms with Gasteiger partial charge in [-0.05, 0) is 36.8 Å². The molecule has 116 valence electrons. The van der Waals surface area contributed by atoms with Gasteiger partial charge in [-0.2, -0.15) is 0 Å². The molecule has 2 rings (SSSR count). The molecule has 1 aromatic heterocycles. The molecular weight excluding hydrogens is 302 g/mol. The summed E-state index contributed by atoms with van der Waals surface area (Å²) in [5, 5.41) is 6.66. The number of nitrogens with zero attached hydrogens (tertiary/aromatic N) is 1. The van der Waals surface area contributed by atoms with Gasteiger partial charge < -0.3 is 15.4 Å². The van der Waals surface area contributed by atoms with Crippen LogP contribution in [0.15, 0.2) is 36.5 Å². The Hall–Kier alpha value is -2.11. The van der Waals surface area contributed by atoms with E-state index >= 15 is 0 Å². The Labute approximate surface area is 134 Å². The molecule has 1 heterocycles. The Morgan fingerprint density at radius 2 is 2.14 bits per heavy atom. The molecule has 1 aromatic carbocycles. The van der Waals surface area contributed by atoms with Crippen molar-refractivity contribution in [3.05, 3.63) is 52.8 Å². The zero-order chi connectivity index (χ0) is 15.9. The molecule has 5 nitrogen and oxygen atoms in total. The number of rotatable bonds is 6. The van der Waals surface area contributed by atoms with Crippen LogP contribution in [0, 0.1) is 6.92 Å². The van der Waals surface area contributed by atoms with Crippen molar-refractivity contribution in [3.8, 4) is 0 Å². The van der Waals surface area contributed by atoms with E-state index in [1.807, 2.05) is 25.1 Å². The van der Waals surface area contributed by atoms with Crippen LogP contribution in [0.2, 0.25) is 5.02 Å². The molecule has 6 heteroatoms. The van der Waals surface area contributed by atoms with E-state index in [4.69, 9.17) is 16.3 Å². The lowest BCUT2D eigenvalue weighted by Gasteiger charge is -2.11. The van der Waals surface area contributed by atoms with Crippen LogP contribution in [0.3, 0.4) is 0 Å². The van der Waals surface area contributed by atoms with Crippen molar-refractivity contribution in [1.29, 1.82) is 0 Å². The standard InChI is InChI=1S/C16H18ClN3O2/c1-11-13(17)4-3-5-14(11)20-12-6-7-15(19-10-12)16(21)18-8-9-22-2/h3-7,10,20H,8-9H2,1-2H3,(H,18,21). The predicted molar refractivity (Wildman–Crippen MR) is 87.9 cm³/mol. The molecule has 0 saturated heterocycles. The Bertz CT molecular complexity index is 644. The van der Waals surface area contributed by atoms with Gasteiger partial charge in [0.1, 0.15) is 5.69 Å². The fourth-order valence-electron chi connectivity index (χ4n) is 1.86. The molecule has 0 atom stereocenters. The van der Waals surface area contributed by atoms with Gasteiger partial charge in [-0.3, -0.25) is 4.79 Å². The van der Waals surface area contributed by atoms with Crippen LogP contribution in [0.5, 0.6) is 0 Å². The summed E-state index contributed by atoms with van der Waals surface area (Å²) in [5.41, 5.74) is 3.03. The number of aromatic nitrogens is 1. The van der Waals surface area contributed by atoms with E-state index in [0.717, 1.165) is 16.9 Å². The number of methoxy groups -OCH3 is 1. The number of nitrogens with one attached hydrogen (secondary N) is 2. The molecule has 22 heavy (non-hydrogen) atoms. The summed E-state index contributed by atoms with van der Waals surface area (Å²) in [6.45, 7) is 2.87. The lowest BCUT2D eigenvalue weighted by atomic mass is 10.2. The summed E-state index contributed by atoms with van der Waals surface area (Å²) in [4.78, 5) is 16.0. The smallest absolute Gasteiger partial charge is 0.269 e. The molecule has 0 bridgehead atoms. The van der Waals surface area contributed by atoms with E-state index in [1.54, 1.807) is 25.4 Å². The van der Waals surface area contributed by atoms with Crippen LogP contribution in [-0.2, 0) is 4.74 Å². The van der Waals surface area contributed by atoms with Gasteiger partial charge in [0.2, 0.25) is 0 Å². The van der Waals surface area contributed by atoms with E-state index < -0.39 is 0 Å². The lowest BCUT2D eigenvalue weighted by molar-refractivity contribution is 0.0932. The third kappa shape index (κ3) is 4.19. The quantitative estimate of drug-likeness (QED) is 0.803. The zero-order valence-corrected chi connectivity index (χ0v) is 13.3. The average Bonchev–Trinajstić information content (AvgIpc) is 2.53. The van der Waals surface area contributed by atoms with Crippen molar-refractivity contribution in [3.63, 3.8) is 0 Å². The topological polar surface area (TPSA) is 63.2 Å². The Morgan fingerprint density at radius 3 is 2.82 bits per heavy atom. The lowest BCUT2D eigenvalue weighted by Crippen LogP contribution is -2.27. The summed E-state index contributed by atoms with van der Waals surface area (Å²) in [6.07, 6.45) is 1.62. The number of hydrogen-bond acceptors (Lipinski definition) is 4. The van der Waals surface area contributed by atoms with Crippen LogP contribution in [0.1, 0.15) is 16.1 Å². The third-order valence-corrected chi connectivity index (χ3v) is 3.54. The Morgan fingerprint density at radius 1 is 1.32 bits per heavy atom. The number of pyridine rings is 1. The first-order chi connectivity index (χ1) is 10.6. The van der Waals surface area contributed by atoms with E-state index in [2.05, 4.69) is 15.6 Å². The van der Waals surface area contributed by atoms with E-state index in [1.165, 1.54) is 0 Å². The minimum atomic E-state index is -0.220. The summed E-state index contributed by atoms with van der Waals surface area (Å²) >= 11 is 6.09. The summed E-state index contributed by atoms with van der Waals surface area (Å²) in [6, 6.07) is 9.13. The molecule has 2 aromatic rings. The van der Waals surface area contributed by atoms with Gasteiger partial charge >= 0.3 is 0 Å². The number of ether oxygens (including phenoxy) is 1. The normalized spacial score (nSPS) is 10.3. The van der Waals surface area contributed by atoms with Gasteiger partial charge in [-0.15, -0.1) is 0 Å². The van der Waals surface area contributed by atoms with Gasteiger partial charge in [-0.25, -0.2) is 4.98 Å². The Balaban J connectivity index is 2.03. The fourth-order valence-corrected chi connectivity index (χ4v) is 2.03. The summed E-state index contributed by atoms with van der Waals surface area (Å²) in [7, 11) is 1.59. The molecule has 0 aliphatic rings. The summed E-state index contributed by atoms with van der Waals surface area (Å²) < 4.78 is 4.88. The van der Waals surface area contributed by atoms with Crippen molar-refractivity contribution in [2.45, 2.75) is 6.92 Å². The minimum Gasteiger partial charge on any atom is -0.383 e. The molecule has 0 aliphatic heterocycles. The second kappa shape index (κ2) is 7.77. The molecule has 1 amide bonds. The van der Waals surface area contributed by atoms with Crippen molar-refractivity contribution in [1.82, 2.24) is 10.3 Å². The first-order valence-electron chi connectivity index (χ1n) is 6.87. The SMILES string of the molecule is COCCNC(=O)c1ccc(Nc2cccc(Cl)c2C)cn1. The molecule has 0 spiro atoms. The maximum Gasteiger partial charge on any atom is 0.269 e. The largest absolute Gasteiger partial charge is 0.383 e. The van der Waals surface area contributed by atoms with Gasteiger partial charge in [-0.1, -0.05) is 17.7 Å². The first kappa shape index (κ1) is 16.3. The van der Waals surface area contributed by atoms with Crippen LogP contribution < -0.4 is 10.6 Å². The van der Waals surface area contributed by atoms with E-state index in [-0.39, 0.29) is 5.91 Å². The highest BCUT2D eigenvalue weighted by Gasteiger charge is 2.07. The number of halogens is 1. The second-order valence-electron chi connectivity index (χ2n) is 4.72. The summed E-state index contributed by atoms with van der Waals surface area (Å²) in [5.74, 6) is -0.220. The monoisotopic (exact) mass is 319 g/mol. The molecular formula is C16H18ClN3O2. The van der Waals surface area contributed by atoms with Crippen molar-refractivity contribution in [2.75, 3.05) is 25.6 Å². The molecule has 0 radical (unpaired) electrons. The highest BCUT2D eigenvalue weighted by Crippen LogP contribution is 2.25. The van der Waals surface area contributed by atoms with Gasteiger partial charge in [0.25, 0.3) is 5.91 Å². The van der Waals surface area contributed by atoms with Crippen molar-refractivity contribution >= 4 is 28.9 Å². The molecule has 0 saturated carbocycles. The van der Waals surface area contributed by atoms with E-state index in [9.17, 15) is 4.79 Å². The first-order valence-corrected chi connectivity index (χ1v) is 7.25. The van der Waals surface area contributed by atoms with Gasteiger partial charge in [0, 0.05) is 24.4 Å². The van der Waals surface area contributed by atoms with E-state index in [0.29, 0.717) is 23.9 Å². The van der Waals surface area contributed by atoms with Gasteiger partial charge in [0.15, 0.2) is 0 Å². The van der Waals surface area contributed by atoms with Gasteiger partial charge in [0.05, 0.1) is 18.5 Å². The van der Waals surface area contributed by atoms with Crippen LogP contribution in [0.25, 0.3) is 0 Å². The molecule has 2 N–H and O–H groups in total. The van der Waals surface area contributed by atoms with Crippen molar-refractivity contribution in [2.24, 2.45) is 0 Å². The highest BCUT2D eigenvalue weighted by molar-refractivity contribution is 6.31.